The van der Waals surface area contributed by atoms with Crippen LogP contribution in [0, 0.1) is 5.41 Å². The standard InChI is InChI=1S/C16H25NO2/c1-5-19-15-10-14(16(15,2)3)17-11-12-7-6-8-13(9-12)18-4/h6-9,14-15,17H,5,10-11H2,1-4H3. The molecular weight excluding hydrogens is 238 g/mol. The van der Waals surface area contributed by atoms with Gasteiger partial charge in [-0.3, -0.25) is 0 Å². The zero-order valence-corrected chi connectivity index (χ0v) is 12.4. The van der Waals surface area contributed by atoms with E-state index in [9.17, 15) is 0 Å². The molecule has 2 rings (SSSR count). The molecule has 1 saturated carbocycles. The van der Waals surface area contributed by atoms with E-state index < -0.39 is 0 Å². The maximum atomic E-state index is 5.75. The summed E-state index contributed by atoms with van der Waals surface area (Å²) in [5.74, 6) is 0.916. The van der Waals surface area contributed by atoms with E-state index in [2.05, 4.69) is 38.2 Å². The van der Waals surface area contributed by atoms with Crippen molar-refractivity contribution in [3.8, 4) is 5.75 Å². The van der Waals surface area contributed by atoms with Gasteiger partial charge in [0.1, 0.15) is 5.75 Å². The molecule has 1 aromatic carbocycles. The molecule has 1 aromatic rings. The molecule has 3 nitrogen and oxygen atoms in total. The van der Waals surface area contributed by atoms with Gasteiger partial charge in [0.05, 0.1) is 13.2 Å². The zero-order valence-electron chi connectivity index (χ0n) is 12.4. The third-order valence-electron chi connectivity index (χ3n) is 4.23. The fourth-order valence-electron chi connectivity index (χ4n) is 2.74. The van der Waals surface area contributed by atoms with Crippen LogP contribution in [0.1, 0.15) is 32.8 Å². The molecule has 1 fully saturated rings. The largest absolute Gasteiger partial charge is 0.497 e. The van der Waals surface area contributed by atoms with Crippen LogP contribution >= 0.6 is 0 Å². The van der Waals surface area contributed by atoms with Crippen LogP contribution in [0.25, 0.3) is 0 Å². The van der Waals surface area contributed by atoms with Crippen molar-refractivity contribution in [1.82, 2.24) is 5.32 Å². The van der Waals surface area contributed by atoms with Crippen molar-refractivity contribution in [2.75, 3.05) is 13.7 Å². The van der Waals surface area contributed by atoms with E-state index in [-0.39, 0.29) is 5.41 Å². The number of ether oxygens (including phenoxy) is 2. The van der Waals surface area contributed by atoms with Crippen molar-refractivity contribution in [2.24, 2.45) is 5.41 Å². The summed E-state index contributed by atoms with van der Waals surface area (Å²) < 4.78 is 11.0. The highest BCUT2D eigenvalue weighted by Crippen LogP contribution is 2.42. The Hall–Kier alpha value is -1.06. The lowest BCUT2D eigenvalue weighted by molar-refractivity contribution is -0.114. The SMILES string of the molecule is CCOC1CC(NCc2cccc(OC)c2)C1(C)C. The lowest BCUT2D eigenvalue weighted by Crippen LogP contribution is -2.60. The first-order valence-corrected chi connectivity index (χ1v) is 7.05. The van der Waals surface area contributed by atoms with E-state index in [0.717, 1.165) is 25.3 Å². The van der Waals surface area contributed by atoms with Crippen LogP contribution in [0.4, 0.5) is 0 Å². The van der Waals surface area contributed by atoms with Gasteiger partial charge in [0.25, 0.3) is 0 Å². The number of hydrogen-bond acceptors (Lipinski definition) is 3. The fraction of sp³-hybridized carbons (Fsp3) is 0.625. The summed E-state index contributed by atoms with van der Waals surface area (Å²) in [6, 6.07) is 8.74. The number of nitrogens with one attached hydrogen (secondary N) is 1. The Balaban J connectivity index is 1.86. The third kappa shape index (κ3) is 3.10. The smallest absolute Gasteiger partial charge is 0.119 e. The van der Waals surface area contributed by atoms with Gasteiger partial charge in [0, 0.05) is 24.6 Å². The number of methoxy groups -OCH3 is 1. The Labute approximate surface area is 116 Å². The molecule has 106 valence electrons. The molecular formula is C16H25NO2. The molecule has 0 heterocycles. The topological polar surface area (TPSA) is 30.5 Å². The summed E-state index contributed by atoms with van der Waals surface area (Å²) in [6.07, 6.45) is 1.49. The predicted molar refractivity (Wildman–Crippen MR) is 77.4 cm³/mol. The van der Waals surface area contributed by atoms with Crippen LogP contribution in [0.3, 0.4) is 0 Å². The lowest BCUT2D eigenvalue weighted by Gasteiger charge is -2.52. The van der Waals surface area contributed by atoms with E-state index >= 15 is 0 Å². The third-order valence-corrected chi connectivity index (χ3v) is 4.23. The van der Waals surface area contributed by atoms with E-state index in [1.807, 2.05) is 12.1 Å². The van der Waals surface area contributed by atoms with E-state index in [1.54, 1.807) is 7.11 Å². The summed E-state index contributed by atoms with van der Waals surface area (Å²) in [5, 5.41) is 3.63. The highest BCUT2D eigenvalue weighted by molar-refractivity contribution is 5.28. The van der Waals surface area contributed by atoms with Crippen molar-refractivity contribution in [1.29, 1.82) is 0 Å². The quantitative estimate of drug-likeness (QED) is 0.856. The van der Waals surface area contributed by atoms with Crippen LogP contribution in [0.2, 0.25) is 0 Å². The van der Waals surface area contributed by atoms with Gasteiger partial charge >= 0.3 is 0 Å². The van der Waals surface area contributed by atoms with Crippen molar-refractivity contribution >= 4 is 0 Å². The van der Waals surface area contributed by atoms with E-state index in [1.165, 1.54) is 5.56 Å². The molecule has 1 aliphatic rings. The summed E-state index contributed by atoms with van der Waals surface area (Å²) >= 11 is 0. The lowest BCUT2D eigenvalue weighted by atomic mass is 9.64. The van der Waals surface area contributed by atoms with Gasteiger partial charge in [-0.1, -0.05) is 26.0 Å². The Morgan fingerprint density at radius 1 is 1.37 bits per heavy atom. The van der Waals surface area contributed by atoms with Crippen LogP contribution in [-0.4, -0.2) is 25.9 Å². The van der Waals surface area contributed by atoms with Crippen LogP contribution in [0.5, 0.6) is 5.75 Å². The van der Waals surface area contributed by atoms with Crippen LogP contribution in [-0.2, 0) is 11.3 Å². The summed E-state index contributed by atoms with van der Waals surface area (Å²) in [7, 11) is 1.70. The monoisotopic (exact) mass is 263 g/mol. The van der Waals surface area contributed by atoms with Gasteiger partial charge in [-0.2, -0.15) is 0 Å². The molecule has 2 unspecified atom stereocenters. The molecule has 3 heteroatoms. The Bertz CT molecular complexity index is 417. The molecule has 1 aliphatic carbocycles. The maximum absolute atomic E-state index is 5.75. The molecule has 0 saturated heterocycles. The molecule has 0 aliphatic heterocycles. The van der Waals surface area contributed by atoms with Gasteiger partial charge in [-0.25, -0.2) is 0 Å². The molecule has 0 bridgehead atoms. The fourth-order valence-corrected chi connectivity index (χ4v) is 2.74. The van der Waals surface area contributed by atoms with Crippen LogP contribution in [0.15, 0.2) is 24.3 Å². The highest BCUT2D eigenvalue weighted by Gasteiger charge is 2.48. The Morgan fingerprint density at radius 3 is 2.79 bits per heavy atom. The summed E-state index contributed by atoms with van der Waals surface area (Å²) in [5.41, 5.74) is 1.48. The second-order valence-corrected chi connectivity index (χ2v) is 5.79. The molecule has 0 spiro atoms. The molecule has 2 atom stereocenters. The summed E-state index contributed by atoms with van der Waals surface area (Å²) in [4.78, 5) is 0. The molecule has 0 aromatic heterocycles. The number of rotatable bonds is 6. The number of benzene rings is 1. The molecule has 19 heavy (non-hydrogen) atoms. The Morgan fingerprint density at radius 2 is 2.16 bits per heavy atom. The predicted octanol–water partition coefficient (Wildman–Crippen LogP) is 2.99. The normalized spacial score (nSPS) is 24.8. The second kappa shape index (κ2) is 5.93. The first-order chi connectivity index (χ1) is 9.07. The molecule has 0 amide bonds. The zero-order chi connectivity index (χ0) is 13.9. The average molecular weight is 263 g/mol. The van der Waals surface area contributed by atoms with Crippen molar-refractivity contribution in [2.45, 2.75) is 45.9 Å². The highest BCUT2D eigenvalue weighted by atomic mass is 16.5. The van der Waals surface area contributed by atoms with Gasteiger partial charge in [-0.05, 0) is 31.0 Å². The number of hydrogen-bond donors (Lipinski definition) is 1. The minimum absolute atomic E-state index is 0.217. The van der Waals surface area contributed by atoms with Crippen molar-refractivity contribution in [3.63, 3.8) is 0 Å². The van der Waals surface area contributed by atoms with Gasteiger partial charge < -0.3 is 14.8 Å². The first kappa shape index (κ1) is 14.4. The minimum Gasteiger partial charge on any atom is -0.497 e. The van der Waals surface area contributed by atoms with E-state index in [4.69, 9.17) is 9.47 Å². The van der Waals surface area contributed by atoms with Crippen molar-refractivity contribution < 1.29 is 9.47 Å². The minimum atomic E-state index is 0.217. The van der Waals surface area contributed by atoms with Gasteiger partial charge in [0.15, 0.2) is 0 Å². The van der Waals surface area contributed by atoms with Crippen LogP contribution < -0.4 is 10.1 Å². The molecule has 0 radical (unpaired) electrons. The average Bonchev–Trinajstić information content (AvgIpc) is 2.42. The second-order valence-electron chi connectivity index (χ2n) is 5.79. The molecule has 1 N–H and O–H groups in total. The van der Waals surface area contributed by atoms with E-state index in [0.29, 0.717) is 12.1 Å². The van der Waals surface area contributed by atoms with Gasteiger partial charge in [0.2, 0.25) is 0 Å². The Kier molecular flexibility index (Phi) is 4.48. The van der Waals surface area contributed by atoms with Gasteiger partial charge in [-0.15, -0.1) is 0 Å². The first-order valence-electron chi connectivity index (χ1n) is 7.05. The van der Waals surface area contributed by atoms with Crippen molar-refractivity contribution in [3.05, 3.63) is 29.8 Å². The summed E-state index contributed by atoms with van der Waals surface area (Å²) in [6.45, 7) is 8.30. The maximum Gasteiger partial charge on any atom is 0.119 e.